The molecule has 17 heavy (non-hydrogen) atoms. The lowest BCUT2D eigenvalue weighted by Gasteiger charge is -2.14. The van der Waals surface area contributed by atoms with Gasteiger partial charge in [0.1, 0.15) is 5.76 Å². The van der Waals surface area contributed by atoms with E-state index >= 15 is 0 Å². The number of hydrogen-bond donors (Lipinski definition) is 1. The number of hydrogen-bond acceptors (Lipinski definition) is 2. The Morgan fingerprint density at radius 3 is 2.76 bits per heavy atom. The van der Waals surface area contributed by atoms with Crippen LogP contribution in [0.15, 0.2) is 36.1 Å². The predicted octanol–water partition coefficient (Wildman–Crippen LogP) is 2.93. The van der Waals surface area contributed by atoms with Gasteiger partial charge in [0.2, 0.25) is 0 Å². The number of rotatable bonds is 4. The fraction of sp³-hybridized carbons (Fsp3) is 0.500. The highest BCUT2D eigenvalue weighted by molar-refractivity contribution is 5.20. The van der Waals surface area contributed by atoms with Gasteiger partial charge >= 0.3 is 6.18 Å². The summed E-state index contributed by atoms with van der Waals surface area (Å²) in [5, 5.41) is 0. The fourth-order valence-electron chi connectivity index (χ4n) is 1.34. The average molecular weight is 247 g/mol. The summed E-state index contributed by atoms with van der Waals surface area (Å²) in [6.45, 7) is 0.926. The monoisotopic (exact) mass is 247 g/mol. The molecule has 0 heterocycles. The Bertz CT molecular complexity index is 318. The Kier molecular flexibility index (Phi) is 5.28. The first-order valence-corrected chi connectivity index (χ1v) is 5.48. The van der Waals surface area contributed by atoms with E-state index < -0.39 is 12.1 Å². The van der Waals surface area contributed by atoms with Crippen LogP contribution in [0.1, 0.15) is 12.8 Å². The second-order valence-electron chi connectivity index (χ2n) is 3.69. The molecule has 0 saturated carbocycles. The van der Waals surface area contributed by atoms with Crippen molar-refractivity contribution in [2.24, 2.45) is 11.7 Å². The lowest BCUT2D eigenvalue weighted by Crippen LogP contribution is -2.19. The van der Waals surface area contributed by atoms with E-state index in [1.54, 1.807) is 6.08 Å². The number of allylic oxidation sites excluding steroid dienone is 5. The smallest absolute Gasteiger partial charge is 0.398 e. The highest BCUT2D eigenvalue weighted by atomic mass is 19.4. The topological polar surface area (TPSA) is 35.2 Å². The molecule has 0 aromatic heterocycles. The molecule has 1 aliphatic rings. The maximum absolute atomic E-state index is 12.5. The van der Waals surface area contributed by atoms with E-state index in [1.807, 2.05) is 0 Å². The van der Waals surface area contributed by atoms with E-state index in [4.69, 9.17) is 10.5 Å². The molecule has 0 saturated heterocycles. The van der Waals surface area contributed by atoms with Crippen molar-refractivity contribution in [3.8, 4) is 0 Å². The van der Waals surface area contributed by atoms with Gasteiger partial charge in [-0.1, -0.05) is 18.2 Å². The van der Waals surface area contributed by atoms with Gasteiger partial charge in [0, 0.05) is 0 Å². The second kappa shape index (κ2) is 6.49. The largest absolute Gasteiger partial charge is 0.494 e. The van der Waals surface area contributed by atoms with Crippen molar-refractivity contribution < 1.29 is 17.9 Å². The van der Waals surface area contributed by atoms with Gasteiger partial charge in [-0.3, -0.25) is 0 Å². The summed E-state index contributed by atoms with van der Waals surface area (Å²) in [5.41, 5.74) is 5.30. The van der Waals surface area contributed by atoms with Crippen LogP contribution in [0.3, 0.4) is 0 Å². The lowest BCUT2D eigenvalue weighted by atomic mass is 10.1. The molecule has 1 unspecified atom stereocenters. The summed E-state index contributed by atoms with van der Waals surface area (Å²) in [4.78, 5) is 0. The van der Waals surface area contributed by atoms with Crippen LogP contribution in [0.5, 0.6) is 0 Å². The van der Waals surface area contributed by atoms with Gasteiger partial charge in [0.15, 0.2) is 0 Å². The predicted molar refractivity (Wildman–Crippen MR) is 60.1 cm³/mol. The molecule has 1 rings (SSSR count). The zero-order valence-electron chi connectivity index (χ0n) is 9.41. The van der Waals surface area contributed by atoms with Crippen molar-refractivity contribution in [2.45, 2.75) is 19.0 Å². The van der Waals surface area contributed by atoms with Crippen LogP contribution in [0.25, 0.3) is 0 Å². The summed E-state index contributed by atoms with van der Waals surface area (Å²) in [6, 6.07) is 0. The maximum Gasteiger partial charge on any atom is 0.398 e. The fourth-order valence-corrected chi connectivity index (χ4v) is 1.34. The van der Waals surface area contributed by atoms with E-state index in [9.17, 15) is 13.2 Å². The molecule has 0 fully saturated rings. The summed E-state index contributed by atoms with van der Waals surface area (Å²) in [6.07, 6.45) is 3.75. The van der Waals surface area contributed by atoms with Crippen LogP contribution >= 0.6 is 0 Å². The minimum Gasteiger partial charge on any atom is -0.494 e. The van der Waals surface area contributed by atoms with Crippen molar-refractivity contribution in [2.75, 3.05) is 13.2 Å². The number of ether oxygens (including phenoxy) is 1. The Morgan fingerprint density at radius 2 is 2.12 bits per heavy atom. The Hall–Kier alpha value is -1.23. The van der Waals surface area contributed by atoms with Crippen molar-refractivity contribution in [3.63, 3.8) is 0 Å². The zero-order chi connectivity index (χ0) is 12.7. The molecule has 0 amide bonds. The third kappa shape index (κ3) is 5.08. The van der Waals surface area contributed by atoms with Crippen LogP contribution < -0.4 is 5.73 Å². The van der Waals surface area contributed by atoms with Gasteiger partial charge in [0.05, 0.1) is 12.5 Å². The van der Waals surface area contributed by atoms with E-state index in [0.717, 1.165) is 12.2 Å². The van der Waals surface area contributed by atoms with E-state index in [2.05, 4.69) is 0 Å². The van der Waals surface area contributed by atoms with Gasteiger partial charge < -0.3 is 10.5 Å². The highest BCUT2D eigenvalue weighted by Gasteiger charge is 2.35. The first kappa shape index (κ1) is 13.8. The van der Waals surface area contributed by atoms with Crippen molar-refractivity contribution in [3.05, 3.63) is 36.1 Å². The van der Waals surface area contributed by atoms with Gasteiger partial charge in [-0.25, -0.2) is 0 Å². The number of halogens is 3. The van der Waals surface area contributed by atoms with E-state index in [0.29, 0.717) is 31.8 Å². The van der Waals surface area contributed by atoms with Crippen LogP contribution in [0.2, 0.25) is 0 Å². The van der Waals surface area contributed by atoms with E-state index in [-0.39, 0.29) is 0 Å². The van der Waals surface area contributed by atoms with Crippen molar-refractivity contribution in [1.29, 1.82) is 0 Å². The number of alkyl halides is 3. The van der Waals surface area contributed by atoms with E-state index in [1.165, 1.54) is 12.2 Å². The Labute approximate surface area is 98.6 Å². The van der Waals surface area contributed by atoms with Crippen LogP contribution in [0, 0.1) is 5.92 Å². The van der Waals surface area contributed by atoms with Crippen LogP contribution in [0.4, 0.5) is 13.2 Å². The first-order valence-electron chi connectivity index (χ1n) is 5.48. The van der Waals surface area contributed by atoms with Crippen molar-refractivity contribution in [1.82, 2.24) is 0 Å². The summed E-state index contributed by atoms with van der Waals surface area (Å²) in [5.74, 6) is -1.07. The molecule has 0 radical (unpaired) electrons. The molecule has 0 spiro atoms. The van der Waals surface area contributed by atoms with Crippen LogP contribution in [-0.2, 0) is 4.74 Å². The summed E-state index contributed by atoms with van der Waals surface area (Å²) >= 11 is 0. The molecule has 0 aliphatic heterocycles. The SMILES string of the molecule is NCCCOC1=C/CC=CC(C(F)(F)F)/C=C\1. The van der Waals surface area contributed by atoms with Gasteiger partial charge in [-0.05, 0) is 31.5 Å². The third-order valence-corrected chi connectivity index (χ3v) is 2.26. The summed E-state index contributed by atoms with van der Waals surface area (Å²) in [7, 11) is 0. The highest BCUT2D eigenvalue weighted by Crippen LogP contribution is 2.29. The lowest BCUT2D eigenvalue weighted by molar-refractivity contribution is -0.148. The quantitative estimate of drug-likeness (QED) is 0.612. The van der Waals surface area contributed by atoms with Gasteiger partial charge in [-0.2, -0.15) is 13.2 Å². The Balaban J connectivity index is 2.62. The van der Waals surface area contributed by atoms with Gasteiger partial charge in [-0.15, -0.1) is 0 Å². The molecular weight excluding hydrogens is 231 g/mol. The first-order chi connectivity index (χ1) is 8.04. The molecule has 1 atom stereocenters. The van der Waals surface area contributed by atoms with Crippen LogP contribution in [-0.4, -0.2) is 19.3 Å². The average Bonchev–Trinajstić information content (AvgIpc) is 2.19. The molecule has 2 nitrogen and oxygen atoms in total. The molecule has 0 aromatic rings. The normalized spacial score (nSPS) is 25.6. The standard InChI is InChI=1S/C12H16F3NO/c13-12(14,15)10-4-1-2-5-11(7-6-10)17-9-3-8-16/h1,4-7,10H,2-3,8-9,16H2/b4-1?,7-6-,11-5+. The minimum atomic E-state index is -4.24. The second-order valence-corrected chi connectivity index (χ2v) is 3.69. The van der Waals surface area contributed by atoms with Gasteiger partial charge in [0.25, 0.3) is 0 Å². The minimum absolute atomic E-state index is 0.424. The molecule has 96 valence electrons. The van der Waals surface area contributed by atoms with Crippen molar-refractivity contribution >= 4 is 0 Å². The zero-order valence-corrected chi connectivity index (χ0v) is 9.41. The summed E-state index contributed by atoms with van der Waals surface area (Å²) < 4.78 is 42.8. The molecule has 0 bridgehead atoms. The molecular formula is C12H16F3NO. The Morgan fingerprint density at radius 1 is 1.35 bits per heavy atom. The number of nitrogens with two attached hydrogens (primary N) is 1. The molecule has 0 aromatic carbocycles. The molecule has 1 aliphatic carbocycles. The third-order valence-electron chi connectivity index (χ3n) is 2.26. The molecule has 5 heteroatoms. The molecule has 2 N–H and O–H groups in total. The maximum atomic E-state index is 12.5.